The molecule has 0 amide bonds. The van der Waals surface area contributed by atoms with E-state index in [1.165, 1.54) is 0 Å². The molecule has 1 aromatic carbocycles. The second-order valence-corrected chi connectivity index (χ2v) is 3.51. The zero-order chi connectivity index (χ0) is 13.3. The summed E-state index contributed by atoms with van der Waals surface area (Å²) in [4.78, 5) is 0. The van der Waals surface area contributed by atoms with Crippen molar-refractivity contribution in [2.24, 2.45) is 5.73 Å². The molecule has 0 aliphatic rings. The monoisotopic (exact) mass is 260 g/mol. The fourth-order valence-corrected chi connectivity index (χ4v) is 1.43. The molecule has 8 heteroatoms. The predicted octanol–water partition coefficient (Wildman–Crippen LogP) is 1.32. The van der Waals surface area contributed by atoms with Crippen LogP contribution < -0.4 is 5.73 Å². The molecule has 96 valence electrons. The van der Waals surface area contributed by atoms with Gasteiger partial charge in [-0.15, -0.1) is 5.10 Å². The van der Waals surface area contributed by atoms with Crippen molar-refractivity contribution in [3.8, 4) is 5.69 Å². The Morgan fingerprint density at radius 3 is 2.28 bits per heavy atom. The van der Waals surface area contributed by atoms with Gasteiger partial charge in [0.05, 0.1) is 11.9 Å². The van der Waals surface area contributed by atoms with Gasteiger partial charge in [-0.1, -0.05) is 5.21 Å². The van der Waals surface area contributed by atoms with Crippen molar-refractivity contribution in [2.75, 3.05) is 6.54 Å². The lowest BCUT2D eigenvalue weighted by Crippen LogP contribution is -2.07. The smallest absolute Gasteiger partial charge is 0.187 e. The predicted molar refractivity (Wildman–Crippen MR) is 53.9 cm³/mol. The Morgan fingerprint density at radius 1 is 1.11 bits per heavy atom. The van der Waals surface area contributed by atoms with E-state index in [1.807, 2.05) is 0 Å². The van der Waals surface area contributed by atoms with Crippen molar-refractivity contribution in [3.63, 3.8) is 0 Å². The zero-order valence-electron chi connectivity index (χ0n) is 9.00. The SMILES string of the molecule is NCCc1cn(-c2c(F)c(F)cc(F)c2F)nn1. The molecule has 0 unspecified atom stereocenters. The molecule has 4 nitrogen and oxygen atoms in total. The minimum absolute atomic E-state index is 0.131. The van der Waals surface area contributed by atoms with E-state index in [-0.39, 0.29) is 12.6 Å². The van der Waals surface area contributed by atoms with Crippen LogP contribution in [-0.2, 0) is 6.42 Å². The quantitative estimate of drug-likeness (QED) is 0.669. The van der Waals surface area contributed by atoms with Gasteiger partial charge in [-0.2, -0.15) is 0 Å². The summed E-state index contributed by atoms with van der Waals surface area (Å²) in [5.74, 6) is -6.06. The normalized spacial score (nSPS) is 10.9. The van der Waals surface area contributed by atoms with Crippen LogP contribution in [0.1, 0.15) is 5.69 Å². The summed E-state index contributed by atoms with van der Waals surface area (Å²) in [6, 6.07) is 0.131. The third-order valence-electron chi connectivity index (χ3n) is 2.26. The molecule has 0 aliphatic heterocycles. The molecule has 2 rings (SSSR count). The summed E-state index contributed by atoms with van der Waals surface area (Å²) >= 11 is 0. The van der Waals surface area contributed by atoms with Crippen LogP contribution in [0.5, 0.6) is 0 Å². The Bertz CT molecular complexity index is 555. The fraction of sp³-hybridized carbons (Fsp3) is 0.200. The molecule has 0 aliphatic carbocycles. The number of hydrogen-bond donors (Lipinski definition) is 1. The van der Waals surface area contributed by atoms with Gasteiger partial charge in [-0.05, 0) is 6.54 Å². The van der Waals surface area contributed by atoms with Gasteiger partial charge in [0.25, 0.3) is 0 Å². The van der Waals surface area contributed by atoms with Crippen LogP contribution in [0.4, 0.5) is 17.6 Å². The summed E-state index contributed by atoms with van der Waals surface area (Å²) in [6.07, 6.45) is 1.49. The van der Waals surface area contributed by atoms with Gasteiger partial charge in [0.2, 0.25) is 0 Å². The first-order valence-electron chi connectivity index (χ1n) is 4.99. The van der Waals surface area contributed by atoms with E-state index in [0.717, 1.165) is 6.20 Å². The molecule has 0 saturated carbocycles. The van der Waals surface area contributed by atoms with E-state index >= 15 is 0 Å². The van der Waals surface area contributed by atoms with E-state index in [0.29, 0.717) is 16.8 Å². The van der Waals surface area contributed by atoms with Crippen LogP contribution >= 0.6 is 0 Å². The van der Waals surface area contributed by atoms with E-state index in [1.54, 1.807) is 0 Å². The average Bonchev–Trinajstić information content (AvgIpc) is 2.76. The minimum atomic E-state index is -1.53. The fourth-order valence-electron chi connectivity index (χ4n) is 1.43. The molecule has 1 heterocycles. The lowest BCUT2D eigenvalue weighted by atomic mass is 10.2. The number of hydrogen-bond acceptors (Lipinski definition) is 3. The molecule has 0 saturated heterocycles. The Balaban J connectivity index is 2.55. The van der Waals surface area contributed by atoms with Gasteiger partial charge in [0.15, 0.2) is 23.3 Å². The van der Waals surface area contributed by atoms with E-state index < -0.39 is 29.0 Å². The lowest BCUT2D eigenvalue weighted by Gasteiger charge is -2.05. The molecule has 2 N–H and O–H groups in total. The third-order valence-corrected chi connectivity index (χ3v) is 2.26. The molecule has 18 heavy (non-hydrogen) atoms. The Kier molecular flexibility index (Phi) is 3.28. The summed E-state index contributed by atoms with van der Waals surface area (Å²) in [7, 11) is 0. The van der Waals surface area contributed by atoms with Crippen LogP contribution in [0.2, 0.25) is 0 Å². The van der Waals surface area contributed by atoms with Gasteiger partial charge < -0.3 is 5.73 Å². The molecule has 0 radical (unpaired) electrons. The highest BCUT2D eigenvalue weighted by Crippen LogP contribution is 2.22. The van der Waals surface area contributed by atoms with Gasteiger partial charge >= 0.3 is 0 Å². The van der Waals surface area contributed by atoms with Crippen molar-refractivity contribution in [2.45, 2.75) is 6.42 Å². The number of benzene rings is 1. The maximum absolute atomic E-state index is 13.4. The minimum Gasteiger partial charge on any atom is -0.330 e. The second-order valence-electron chi connectivity index (χ2n) is 3.51. The summed E-state index contributed by atoms with van der Waals surface area (Å²) in [5, 5.41) is 6.99. The Hall–Kier alpha value is -1.96. The van der Waals surface area contributed by atoms with Crippen LogP contribution in [-0.4, -0.2) is 21.5 Å². The molecule has 2 aromatic rings. The number of halogens is 4. The van der Waals surface area contributed by atoms with Crippen LogP contribution in [0.25, 0.3) is 5.69 Å². The first kappa shape index (κ1) is 12.5. The summed E-state index contributed by atoms with van der Waals surface area (Å²) in [6.45, 7) is 0.265. The van der Waals surface area contributed by atoms with Crippen molar-refractivity contribution < 1.29 is 17.6 Å². The van der Waals surface area contributed by atoms with Gasteiger partial charge in [0.1, 0.15) is 5.69 Å². The maximum atomic E-state index is 13.4. The maximum Gasteiger partial charge on any atom is 0.187 e. The lowest BCUT2D eigenvalue weighted by molar-refractivity contribution is 0.443. The van der Waals surface area contributed by atoms with Crippen LogP contribution in [0.15, 0.2) is 12.3 Å². The number of nitrogens with zero attached hydrogens (tertiary/aromatic N) is 3. The Labute approximate surface area is 99.0 Å². The largest absolute Gasteiger partial charge is 0.330 e. The number of nitrogens with two attached hydrogens (primary N) is 1. The topological polar surface area (TPSA) is 56.7 Å². The molecule has 0 atom stereocenters. The van der Waals surface area contributed by atoms with Gasteiger partial charge in [-0.3, -0.25) is 0 Å². The highest BCUT2D eigenvalue weighted by Gasteiger charge is 2.21. The highest BCUT2D eigenvalue weighted by atomic mass is 19.2. The summed E-state index contributed by atoms with van der Waals surface area (Å²) in [5.41, 5.74) is 4.69. The van der Waals surface area contributed by atoms with Crippen molar-refractivity contribution >= 4 is 0 Å². The molecular weight excluding hydrogens is 252 g/mol. The summed E-state index contributed by atoms with van der Waals surface area (Å²) < 4.78 is 53.5. The van der Waals surface area contributed by atoms with E-state index in [4.69, 9.17) is 5.73 Å². The number of aromatic nitrogens is 3. The molecular formula is C10H8F4N4. The van der Waals surface area contributed by atoms with Crippen molar-refractivity contribution in [3.05, 3.63) is 41.2 Å². The highest BCUT2D eigenvalue weighted by molar-refractivity contribution is 5.36. The van der Waals surface area contributed by atoms with Crippen LogP contribution in [0, 0.1) is 23.3 Å². The Morgan fingerprint density at radius 2 is 1.72 bits per heavy atom. The standard InChI is InChI=1S/C10H8F4N4/c11-6-3-7(12)9(14)10(8(6)13)18-4-5(1-2-15)16-17-18/h3-4H,1-2,15H2. The van der Waals surface area contributed by atoms with Crippen molar-refractivity contribution in [1.29, 1.82) is 0 Å². The molecule has 1 aromatic heterocycles. The van der Waals surface area contributed by atoms with Gasteiger partial charge in [-0.25, -0.2) is 22.2 Å². The molecule has 0 spiro atoms. The molecule has 0 fully saturated rings. The van der Waals surface area contributed by atoms with Gasteiger partial charge in [0, 0.05) is 12.5 Å². The average molecular weight is 260 g/mol. The zero-order valence-corrected chi connectivity index (χ0v) is 9.00. The van der Waals surface area contributed by atoms with Crippen LogP contribution in [0.3, 0.4) is 0 Å². The van der Waals surface area contributed by atoms with E-state index in [9.17, 15) is 17.6 Å². The first-order chi connectivity index (χ1) is 8.54. The van der Waals surface area contributed by atoms with Crippen molar-refractivity contribution in [1.82, 2.24) is 15.0 Å². The molecule has 0 bridgehead atoms. The van der Waals surface area contributed by atoms with E-state index in [2.05, 4.69) is 10.3 Å². The number of rotatable bonds is 3. The first-order valence-corrected chi connectivity index (χ1v) is 4.99. The second kappa shape index (κ2) is 4.73. The third kappa shape index (κ3) is 2.06.